The van der Waals surface area contributed by atoms with Gasteiger partial charge in [0, 0.05) is 24.5 Å². The van der Waals surface area contributed by atoms with Crippen LogP contribution in [0, 0.1) is 56.2 Å². The van der Waals surface area contributed by atoms with Crippen molar-refractivity contribution in [1.82, 2.24) is 0 Å². The van der Waals surface area contributed by atoms with Crippen molar-refractivity contribution < 1.29 is 0 Å². The summed E-state index contributed by atoms with van der Waals surface area (Å²) in [4.78, 5) is 4.80. The van der Waals surface area contributed by atoms with Crippen LogP contribution in [0.25, 0.3) is 12.2 Å². The van der Waals surface area contributed by atoms with Crippen LogP contribution in [0.2, 0.25) is 0 Å². The van der Waals surface area contributed by atoms with Gasteiger partial charge in [-0.15, -0.1) is 0 Å². The molecule has 0 radical (unpaired) electrons. The van der Waals surface area contributed by atoms with Crippen molar-refractivity contribution in [2.24, 2.45) is 10.8 Å². The van der Waals surface area contributed by atoms with Gasteiger partial charge < -0.3 is 9.80 Å². The van der Waals surface area contributed by atoms with Crippen molar-refractivity contribution in [2.75, 3.05) is 22.9 Å². The van der Waals surface area contributed by atoms with E-state index in [1.54, 1.807) is 0 Å². The maximum Gasteiger partial charge on any atom is 0.132 e. The number of rotatable bonds is 12. The summed E-state index contributed by atoms with van der Waals surface area (Å²) in [6.45, 7) is 19.5. The van der Waals surface area contributed by atoms with Crippen LogP contribution in [-0.2, 0) is 0 Å². The summed E-state index contributed by atoms with van der Waals surface area (Å²) in [5.74, 6) is 0. The number of hydrogen-bond acceptors (Lipinski definition) is 6. The van der Waals surface area contributed by atoms with Crippen LogP contribution in [-0.4, -0.2) is 13.1 Å². The number of nitrogens with zero attached hydrogens (tertiary/aromatic N) is 6. The molecule has 4 aromatic rings. The predicted octanol–water partition coefficient (Wildman–Crippen LogP) is 14.8. The van der Waals surface area contributed by atoms with Crippen molar-refractivity contribution in [2.45, 2.75) is 93.2 Å². The molecule has 2 aliphatic carbocycles. The molecule has 0 aliphatic heterocycles. The van der Waals surface area contributed by atoms with Crippen LogP contribution in [0.15, 0.2) is 167 Å². The third-order valence-corrected chi connectivity index (χ3v) is 12.1. The SMILES string of the molecule is CCN(c1ccc(/C=C/C2=CC(=C(C#N)C#N)CC(C)(C)C2)cc1)[C@H](C)c1ccccc1.CCN(c1ccc(/C=C/C2=CC(=C(C#N)C#N)CC(C)(C)C2)cc1)[C@H](C)c1ccccc1. The molecular formula is C58H62N6. The number of hydrogen-bond donors (Lipinski definition) is 0. The van der Waals surface area contributed by atoms with Crippen molar-refractivity contribution in [1.29, 1.82) is 21.0 Å². The van der Waals surface area contributed by atoms with E-state index in [1.807, 2.05) is 36.4 Å². The fraction of sp³-hybridized carbons (Fsp3) is 0.310. The highest BCUT2D eigenvalue weighted by atomic mass is 15.2. The Balaban J connectivity index is 0.000000241. The summed E-state index contributed by atoms with van der Waals surface area (Å²) in [5, 5.41) is 37.1. The van der Waals surface area contributed by atoms with Crippen molar-refractivity contribution in [3.63, 3.8) is 0 Å². The zero-order chi connectivity index (χ0) is 46.3. The van der Waals surface area contributed by atoms with Gasteiger partial charge in [0.15, 0.2) is 0 Å². The van der Waals surface area contributed by atoms with Gasteiger partial charge in [0.2, 0.25) is 0 Å². The second kappa shape index (κ2) is 22.3. The fourth-order valence-electron chi connectivity index (χ4n) is 8.93. The lowest BCUT2D eigenvalue weighted by atomic mass is 9.74. The smallest absolute Gasteiger partial charge is 0.132 e. The molecule has 6 heteroatoms. The Labute approximate surface area is 383 Å². The van der Waals surface area contributed by atoms with Gasteiger partial charge in [0.05, 0.1) is 12.1 Å². The molecule has 0 amide bonds. The Kier molecular flexibility index (Phi) is 16.7. The van der Waals surface area contributed by atoms with E-state index in [0.717, 1.165) is 72.2 Å². The second-order valence-electron chi connectivity index (χ2n) is 18.3. The Morgan fingerprint density at radius 3 is 1.12 bits per heavy atom. The second-order valence-corrected chi connectivity index (χ2v) is 18.3. The fourth-order valence-corrected chi connectivity index (χ4v) is 8.93. The van der Waals surface area contributed by atoms with Gasteiger partial charge in [-0.1, -0.05) is 149 Å². The van der Waals surface area contributed by atoms with Crippen LogP contribution < -0.4 is 9.80 Å². The van der Waals surface area contributed by atoms with E-state index >= 15 is 0 Å². The highest BCUT2D eigenvalue weighted by Crippen LogP contribution is 2.41. The first kappa shape index (κ1) is 47.9. The molecule has 0 saturated heterocycles. The van der Waals surface area contributed by atoms with Crippen molar-refractivity contribution in [3.8, 4) is 24.3 Å². The standard InChI is InChI=1S/2C29H31N3/c2*1-5-32(22(2)25-9-7-6-8-10-25)28-15-13-23(14-16-28)11-12-24-17-26(27(20-30)21-31)19-29(3,4)18-24/h2*6-17,22H,5,18-19H2,1-4H3/b2*12-11+/t2*22-/m11/s1. The predicted molar refractivity (Wildman–Crippen MR) is 265 cm³/mol. The monoisotopic (exact) mass is 843 g/mol. The molecule has 4 aromatic carbocycles. The van der Waals surface area contributed by atoms with Gasteiger partial charge in [-0.3, -0.25) is 0 Å². The molecule has 2 aliphatic rings. The van der Waals surface area contributed by atoms with Crippen LogP contribution in [0.1, 0.15) is 115 Å². The molecule has 0 saturated carbocycles. The van der Waals surface area contributed by atoms with E-state index < -0.39 is 0 Å². The van der Waals surface area contributed by atoms with E-state index in [4.69, 9.17) is 0 Å². The average molecular weight is 843 g/mol. The summed E-state index contributed by atoms with van der Waals surface area (Å²) in [6.07, 6.45) is 15.8. The average Bonchev–Trinajstić information content (AvgIpc) is 3.29. The van der Waals surface area contributed by atoms with Crippen molar-refractivity contribution in [3.05, 3.63) is 189 Å². The van der Waals surface area contributed by atoms with Gasteiger partial charge in [-0.25, -0.2) is 0 Å². The first-order chi connectivity index (χ1) is 30.7. The first-order valence-corrected chi connectivity index (χ1v) is 22.4. The van der Waals surface area contributed by atoms with Gasteiger partial charge >= 0.3 is 0 Å². The minimum atomic E-state index is 0.0295. The molecule has 0 unspecified atom stereocenters. The normalized spacial score (nSPS) is 16.1. The Morgan fingerprint density at radius 1 is 0.500 bits per heavy atom. The van der Waals surface area contributed by atoms with E-state index in [2.05, 4.69) is 199 Å². The number of anilines is 2. The number of allylic oxidation sites excluding steroid dienone is 10. The summed E-state index contributed by atoms with van der Waals surface area (Å²) < 4.78 is 0. The third-order valence-electron chi connectivity index (χ3n) is 12.1. The van der Waals surface area contributed by atoms with E-state index in [0.29, 0.717) is 12.1 Å². The summed E-state index contributed by atoms with van der Waals surface area (Å²) in [6, 6.07) is 47.2. The third kappa shape index (κ3) is 13.0. The maximum absolute atomic E-state index is 9.26. The number of benzene rings is 4. The van der Waals surface area contributed by atoms with Gasteiger partial charge in [0.1, 0.15) is 35.4 Å². The zero-order valence-electron chi connectivity index (χ0n) is 38.9. The Hall–Kier alpha value is -7.12. The van der Waals surface area contributed by atoms with Crippen LogP contribution in [0.4, 0.5) is 11.4 Å². The lowest BCUT2D eigenvalue weighted by molar-refractivity contribution is 0.354. The van der Waals surface area contributed by atoms with Gasteiger partial charge in [0.25, 0.3) is 0 Å². The molecule has 2 atom stereocenters. The maximum atomic E-state index is 9.26. The van der Waals surface area contributed by atoms with E-state index in [9.17, 15) is 21.0 Å². The topological polar surface area (TPSA) is 102 Å². The minimum absolute atomic E-state index is 0.0295. The molecule has 0 N–H and O–H groups in total. The molecule has 0 heterocycles. The molecular weight excluding hydrogens is 781 g/mol. The van der Waals surface area contributed by atoms with Gasteiger partial charge in [-0.2, -0.15) is 21.0 Å². The molecule has 0 spiro atoms. The molecule has 6 rings (SSSR count). The highest BCUT2D eigenvalue weighted by molar-refractivity contribution is 5.61. The lowest BCUT2D eigenvalue weighted by Crippen LogP contribution is -2.26. The summed E-state index contributed by atoms with van der Waals surface area (Å²) in [7, 11) is 0. The molecule has 6 nitrogen and oxygen atoms in total. The lowest BCUT2D eigenvalue weighted by Gasteiger charge is -2.31. The molecule has 0 aromatic heterocycles. The molecule has 64 heavy (non-hydrogen) atoms. The molecule has 324 valence electrons. The van der Waals surface area contributed by atoms with Crippen molar-refractivity contribution >= 4 is 23.5 Å². The van der Waals surface area contributed by atoms with E-state index in [-0.39, 0.29) is 22.0 Å². The first-order valence-electron chi connectivity index (χ1n) is 22.4. The molecule has 0 fully saturated rings. The Morgan fingerprint density at radius 2 is 0.828 bits per heavy atom. The molecule has 0 bridgehead atoms. The van der Waals surface area contributed by atoms with Crippen LogP contribution in [0.5, 0.6) is 0 Å². The zero-order valence-corrected chi connectivity index (χ0v) is 38.9. The van der Waals surface area contributed by atoms with Crippen LogP contribution in [0.3, 0.4) is 0 Å². The summed E-state index contributed by atoms with van der Waals surface area (Å²) in [5.41, 5.74) is 11.8. The minimum Gasteiger partial charge on any atom is -0.365 e. The Bertz CT molecular complexity index is 2360. The largest absolute Gasteiger partial charge is 0.365 e. The van der Waals surface area contributed by atoms with E-state index in [1.165, 1.54) is 22.5 Å². The van der Waals surface area contributed by atoms with Crippen LogP contribution >= 0.6 is 0 Å². The van der Waals surface area contributed by atoms with Gasteiger partial charge in [-0.05, 0) is 133 Å². The number of nitriles is 4. The highest BCUT2D eigenvalue weighted by Gasteiger charge is 2.28. The summed E-state index contributed by atoms with van der Waals surface area (Å²) >= 11 is 0. The quantitative estimate of drug-likeness (QED) is 0.132.